The minimum Gasteiger partial charge on any atom is -0.380 e. The van der Waals surface area contributed by atoms with Gasteiger partial charge in [-0.1, -0.05) is 12.1 Å². The van der Waals surface area contributed by atoms with Crippen LogP contribution in [0.3, 0.4) is 0 Å². The predicted octanol–water partition coefficient (Wildman–Crippen LogP) is 0.510. The van der Waals surface area contributed by atoms with Gasteiger partial charge in [0, 0.05) is 13.7 Å². The highest BCUT2D eigenvalue weighted by atomic mass is 35.5. The van der Waals surface area contributed by atoms with E-state index in [1.54, 1.807) is 24.3 Å². The van der Waals surface area contributed by atoms with Crippen LogP contribution in [0.5, 0.6) is 0 Å². The zero-order valence-corrected chi connectivity index (χ0v) is 11.4. The summed E-state index contributed by atoms with van der Waals surface area (Å²) in [5.74, 6) is -0.867. The maximum atomic E-state index is 11.7. The number of methoxy groups -OCH3 is 1. The van der Waals surface area contributed by atoms with Crippen LogP contribution < -0.4 is 16.8 Å². The second-order valence-corrected chi connectivity index (χ2v) is 3.76. The monoisotopic (exact) mass is 287 g/mol. The molecule has 0 fully saturated rings. The third-order valence-electron chi connectivity index (χ3n) is 2.48. The lowest BCUT2D eigenvalue weighted by molar-refractivity contribution is -0.118. The number of nitrogens with two attached hydrogens (primary N) is 2. The van der Waals surface area contributed by atoms with Gasteiger partial charge in [0.1, 0.15) is 0 Å². The van der Waals surface area contributed by atoms with E-state index >= 15 is 0 Å². The fraction of sp³-hybridized carbons (Fsp3) is 0.333. The summed E-state index contributed by atoms with van der Waals surface area (Å²) in [6, 6.07) is 6.54. The van der Waals surface area contributed by atoms with Crippen LogP contribution >= 0.6 is 12.4 Å². The normalized spacial score (nSPS) is 11.3. The number of ether oxygens (including phenoxy) is 1. The summed E-state index contributed by atoms with van der Waals surface area (Å²) in [6.45, 7) is 0.251. The Kier molecular flexibility index (Phi) is 7.74. The number of carbonyl (C=O) groups excluding carboxylic acids is 2. The van der Waals surface area contributed by atoms with Crippen molar-refractivity contribution in [1.29, 1.82) is 0 Å². The van der Waals surface area contributed by atoms with Gasteiger partial charge in [0.25, 0.3) is 5.91 Å². The summed E-state index contributed by atoms with van der Waals surface area (Å²) in [5.41, 5.74) is 11.3. The number of benzene rings is 1. The summed E-state index contributed by atoms with van der Waals surface area (Å²) in [7, 11) is 1.49. The molecule has 0 bridgehead atoms. The molecular weight excluding hydrogens is 270 g/mol. The van der Waals surface area contributed by atoms with Gasteiger partial charge < -0.3 is 21.5 Å². The molecule has 1 rings (SSSR count). The van der Waals surface area contributed by atoms with E-state index in [4.69, 9.17) is 16.2 Å². The molecule has 0 aliphatic rings. The Labute approximate surface area is 117 Å². The van der Waals surface area contributed by atoms with Crippen molar-refractivity contribution in [3.63, 3.8) is 0 Å². The molecule has 0 spiro atoms. The van der Waals surface area contributed by atoms with Crippen LogP contribution in [0, 0.1) is 0 Å². The zero-order valence-electron chi connectivity index (χ0n) is 10.6. The molecule has 2 amide bonds. The van der Waals surface area contributed by atoms with Gasteiger partial charge in [-0.25, -0.2) is 0 Å². The number of hydrogen-bond donors (Lipinski definition) is 3. The van der Waals surface area contributed by atoms with E-state index in [0.717, 1.165) is 0 Å². The molecular formula is C12H18ClN3O3. The van der Waals surface area contributed by atoms with Crippen LogP contribution in [0.25, 0.3) is 0 Å². The maximum absolute atomic E-state index is 11.7. The lowest BCUT2D eigenvalue weighted by Crippen LogP contribution is -2.28. The summed E-state index contributed by atoms with van der Waals surface area (Å²) in [5, 5.41) is 2.62. The standard InChI is InChI=1S/C12H17N3O3.ClH/c1-18-8(7-13)6-11(16)15-10-5-3-2-4-9(10)12(14)17;/h2-5,8H,6-7,13H2,1H3,(H2,14,17)(H,15,16);1H. The summed E-state index contributed by atoms with van der Waals surface area (Å²) >= 11 is 0. The van der Waals surface area contributed by atoms with Gasteiger partial charge >= 0.3 is 0 Å². The number of halogens is 1. The number of primary amides is 1. The third-order valence-corrected chi connectivity index (χ3v) is 2.48. The van der Waals surface area contributed by atoms with Crippen molar-refractivity contribution in [2.24, 2.45) is 11.5 Å². The SMILES string of the molecule is COC(CN)CC(=O)Nc1ccccc1C(N)=O.Cl. The highest BCUT2D eigenvalue weighted by molar-refractivity contribution is 6.03. The van der Waals surface area contributed by atoms with Crippen molar-refractivity contribution in [3.8, 4) is 0 Å². The first kappa shape index (κ1) is 17.4. The van der Waals surface area contributed by atoms with E-state index < -0.39 is 5.91 Å². The van der Waals surface area contributed by atoms with Crippen molar-refractivity contribution >= 4 is 29.9 Å². The van der Waals surface area contributed by atoms with Crippen LogP contribution in [-0.4, -0.2) is 31.6 Å². The first-order chi connectivity index (χ1) is 8.58. The number of rotatable bonds is 6. The Morgan fingerprint density at radius 3 is 2.53 bits per heavy atom. The molecule has 0 aliphatic carbocycles. The molecule has 5 N–H and O–H groups in total. The first-order valence-electron chi connectivity index (χ1n) is 5.50. The average Bonchev–Trinajstić information content (AvgIpc) is 2.36. The smallest absolute Gasteiger partial charge is 0.250 e. The van der Waals surface area contributed by atoms with Gasteiger partial charge in [-0.05, 0) is 12.1 Å². The molecule has 1 atom stereocenters. The lowest BCUT2D eigenvalue weighted by atomic mass is 10.1. The Bertz CT molecular complexity index is 436. The largest absolute Gasteiger partial charge is 0.380 e. The molecule has 19 heavy (non-hydrogen) atoms. The molecule has 106 valence electrons. The molecule has 1 aromatic rings. The molecule has 1 unspecified atom stereocenters. The lowest BCUT2D eigenvalue weighted by Gasteiger charge is -2.13. The second-order valence-electron chi connectivity index (χ2n) is 3.76. The van der Waals surface area contributed by atoms with E-state index in [1.807, 2.05) is 0 Å². The van der Waals surface area contributed by atoms with Gasteiger partial charge in [0.05, 0.1) is 23.8 Å². The molecule has 0 saturated carbocycles. The van der Waals surface area contributed by atoms with Crippen molar-refractivity contribution < 1.29 is 14.3 Å². The fourth-order valence-electron chi connectivity index (χ4n) is 1.48. The Morgan fingerprint density at radius 1 is 1.37 bits per heavy atom. The van der Waals surface area contributed by atoms with E-state index in [1.165, 1.54) is 7.11 Å². The minimum absolute atomic E-state index is 0. The van der Waals surface area contributed by atoms with Gasteiger partial charge in [-0.3, -0.25) is 9.59 Å². The van der Waals surface area contributed by atoms with Crippen LogP contribution in [0.1, 0.15) is 16.8 Å². The molecule has 0 heterocycles. The number of hydrogen-bond acceptors (Lipinski definition) is 4. The van der Waals surface area contributed by atoms with Crippen LogP contribution in [0.15, 0.2) is 24.3 Å². The molecule has 0 aromatic heterocycles. The number of anilines is 1. The van der Waals surface area contributed by atoms with Crippen LogP contribution in [0.4, 0.5) is 5.69 Å². The van der Waals surface area contributed by atoms with E-state index in [9.17, 15) is 9.59 Å². The summed E-state index contributed by atoms with van der Waals surface area (Å²) in [4.78, 5) is 22.9. The van der Waals surface area contributed by atoms with Crippen LogP contribution in [-0.2, 0) is 9.53 Å². The number of nitrogens with one attached hydrogen (secondary N) is 1. The zero-order chi connectivity index (χ0) is 13.5. The van der Waals surface area contributed by atoms with Crippen molar-refractivity contribution in [1.82, 2.24) is 0 Å². The van der Waals surface area contributed by atoms with E-state index in [0.29, 0.717) is 5.69 Å². The number of carbonyl (C=O) groups is 2. The van der Waals surface area contributed by atoms with E-state index in [-0.39, 0.29) is 42.9 Å². The summed E-state index contributed by atoms with van der Waals surface area (Å²) < 4.78 is 5.01. The highest BCUT2D eigenvalue weighted by Crippen LogP contribution is 2.14. The highest BCUT2D eigenvalue weighted by Gasteiger charge is 2.14. The topological polar surface area (TPSA) is 107 Å². The van der Waals surface area contributed by atoms with Crippen molar-refractivity contribution in [3.05, 3.63) is 29.8 Å². The van der Waals surface area contributed by atoms with Crippen molar-refractivity contribution in [2.75, 3.05) is 19.0 Å². The summed E-state index contributed by atoms with van der Waals surface area (Å²) in [6.07, 6.45) is -0.217. The molecule has 7 heteroatoms. The number of amides is 2. The van der Waals surface area contributed by atoms with Gasteiger partial charge in [0.15, 0.2) is 0 Å². The molecule has 1 aromatic carbocycles. The maximum Gasteiger partial charge on any atom is 0.250 e. The van der Waals surface area contributed by atoms with E-state index in [2.05, 4.69) is 5.32 Å². The minimum atomic E-state index is -0.590. The Balaban J connectivity index is 0.00000324. The van der Waals surface area contributed by atoms with Gasteiger partial charge in [-0.2, -0.15) is 0 Å². The second kappa shape index (κ2) is 8.47. The number of para-hydroxylation sites is 1. The van der Waals surface area contributed by atoms with Crippen LogP contribution in [0.2, 0.25) is 0 Å². The molecule has 0 aliphatic heterocycles. The third kappa shape index (κ3) is 5.25. The molecule has 0 saturated heterocycles. The molecule has 6 nitrogen and oxygen atoms in total. The van der Waals surface area contributed by atoms with Crippen molar-refractivity contribution in [2.45, 2.75) is 12.5 Å². The Hall–Kier alpha value is -1.63. The Morgan fingerprint density at radius 2 is 2.00 bits per heavy atom. The average molecular weight is 288 g/mol. The quantitative estimate of drug-likeness (QED) is 0.708. The predicted molar refractivity (Wildman–Crippen MR) is 75.3 cm³/mol. The first-order valence-corrected chi connectivity index (χ1v) is 5.50. The fourth-order valence-corrected chi connectivity index (χ4v) is 1.48. The molecule has 0 radical (unpaired) electrons. The van der Waals surface area contributed by atoms with Gasteiger partial charge in [-0.15, -0.1) is 12.4 Å². The van der Waals surface area contributed by atoms with Gasteiger partial charge in [0.2, 0.25) is 5.91 Å².